The van der Waals surface area contributed by atoms with E-state index >= 15 is 0 Å². The minimum Gasteiger partial charge on any atom is -0.310 e. The average molecular weight is 270 g/mol. The molecule has 2 aromatic rings. The van der Waals surface area contributed by atoms with Crippen LogP contribution in [0.3, 0.4) is 0 Å². The Hall–Kier alpha value is -1.53. The molecule has 1 N–H and O–H groups in total. The van der Waals surface area contributed by atoms with Crippen LogP contribution in [0.1, 0.15) is 18.3 Å². The third kappa shape index (κ3) is 2.49. The summed E-state index contributed by atoms with van der Waals surface area (Å²) in [4.78, 5) is 0. The highest BCUT2D eigenvalue weighted by Crippen LogP contribution is 2.23. The van der Waals surface area contributed by atoms with E-state index in [1.165, 1.54) is 10.7 Å². The minimum absolute atomic E-state index is 0.281. The molecule has 7 heteroatoms. The van der Waals surface area contributed by atoms with Gasteiger partial charge in [0.1, 0.15) is 5.82 Å². The third-order valence-electron chi connectivity index (χ3n) is 2.52. The quantitative estimate of drug-likeness (QED) is 0.921. The molecular formula is C11H13ClFN5. The lowest BCUT2D eigenvalue weighted by Gasteiger charge is -2.08. The highest BCUT2D eigenvalue weighted by atomic mass is 35.5. The Bertz CT molecular complexity index is 554. The number of nitrogens with zero attached hydrogens (tertiary/aromatic N) is 4. The van der Waals surface area contributed by atoms with Crippen molar-refractivity contribution in [3.8, 4) is 5.69 Å². The highest BCUT2D eigenvalue weighted by Gasteiger charge is 2.13. The summed E-state index contributed by atoms with van der Waals surface area (Å²) in [7, 11) is 0. The monoisotopic (exact) mass is 269 g/mol. The molecule has 0 saturated heterocycles. The highest BCUT2D eigenvalue weighted by molar-refractivity contribution is 6.32. The van der Waals surface area contributed by atoms with Gasteiger partial charge in [0, 0.05) is 0 Å². The molecule has 5 nitrogen and oxygen atoms in total. The van der Waals surface area contributed by atoms with E-state index in [1.807, 2.05) is 6.92 Å². The number of aromatic nitrogens is 4. The zero-order valence-electron chi connectivity index (χ0n) is 10.1. The van der Waals surface area contributed by atoms with Gasteiger partial charge >= 0.3 is 0 Å². The smallest absolute Gasteiger partial charge is 0.170 e. The van der Waals surface area contributed by atoms with Gasteiger partial charge in [-0.25, -0.2) is 4.39 Å². The summed E-state index contributed by atoms with van der Waals surface area (Å²) in [5.41, 5.74) is 1.08. The first-order valence-electron chi connectivity index (χ1n) is 5.57. The van der Waals surface area contributed by atoms with Gasteiger partial charge in [-0.3, -0.25) is 0 Å². The zero-order valence-corrected chi connectivity index (χ0v) is 10.9. The van der Waals surface area contributed by atoms with E-state index in [0.717, 1.165) is 6.54 Å². The molecule has 0 aliphatic rings. The normalized spacial score (nSPS) is 10.9. The average Bonchev–Trinajstić information content (AvgIpc) is 2.79. The van der Waals surface area contributed by atoms with Crippen LogP contribution in [-0.4, -0.2) is 26.8 Å². The van der Waals surface area contributed by atoms with Gasteiger partial charge in [0.25, 0.3) is 0 Å². The van der Waals surface area contributed by atoms with E-state index in [-0.39, 0.29) is 10.8 Å². The van der Waals surface area contributed by atoms with Crippen LogP contribution in [0.2, 0.25) is 5.02 Å². The number of tetrazole rings is 1. The van der Waals surface area contributed by atoms with Crippen molar-refractivity contribution in [1.29, 1.82) is 0 Å². The number of rotatable bonds is 4. The predicted octanol–water partition coefficient (Wildman–Crippen LogP) is 1.87. The first-order chi connectivity index (χ1) is 8.63. The van der Waals surface area contributed by atoms with E-state index in [9.17, 15) is 4.39 Å². The molecule has 1 heterocycles. The van der Waals surface area contributed by atoms with Gasteiger partial charge < -0.3 is 5.32 Å². The van der Waals surface area contributed by atoms with Crippen LogP contribution >= 0.6 is 11.6 Å². The molecule has 0 aliphatic heterocycles. The van der Waals surface area contributed by atoms with E-state index in [1.54, 1.807) is 13.0 Å². The maximum atomic E-state index is 13.3. The second-order valence-electron chi connectivity index (χ2n) is 3.84. The van der Waals surface area contributed by atoms with Crippen molar-refractivity contribution in [3.05, 3.63) is 34.4 Å². The Morgan fingerprint density at radius 2 is 2.22 bits per heavy atom. The largest absolute Gasteiger partial charge is 0.310 e. The molecule has 1 aromatic carbocycles. The van der Waals surface area contributed by atoms with Crippen molar-refractivity contribution in [2.75, 3.05) is 6.54 Å². The van der Waals surface area contributed by atoms with Crippen LogP contribution in [0.15, 0.2) is 12.1 Å². The van der Waals surface area contributed by atoms with E-state index in [0.29, 0.717) is 23.6 Å². The number of halogens is 2. The summed E-state index contributed by atoms with van der Waals surface area (Å²) in [6, 6.07) is 2.90. The first kappa shape index (κ1) is 12.9. The molecule has 18 heavy (non-hydrogen) atoms. The molecule has 2 rings (SSSR count). The van der Waals surface area contributed by atoms with Gasteiger partial charge in [-0.05, 0) is 41.6 Å². The van der Waals surface area contributed by atoms with Gasteiger partial charge in [-0.1, -0.05) is 18.5 Å². The van der Waals surface area contributed by atoms with Gasteiger partial charge in [0.15, 0.2) is 5.82 Å². The van der Waals surface area contributed by atoms with E-state index in [4.69, 9.17) is 11.6 Å². The van der Waals surface area contributed by atoms with Crippen LogP contribution < -0.4 is 5.32 Å². The summed E-state index contributed by atoms with van der Waals surface area (Å²) < 4.78 is 14.9. The number of hydrogen-bond donors (Lipinski definition) is 1. The molecule has 0 spiro atoms. The molecule has 0 amide bonds. The van der Waals surface area contributed by atoms with Gasteiger partial charge in [-0.2, -0.15) is 4.68 Å². The van der Waals surface area contributed by atoms with E-state index < -0.39 is 0 Å². The lowest BCUT2D eigenvalue weighted by atomic mass is 10.2. The van der Waals surface area contributed by atoms with Crippen molar-refractivity contribution in [1.82, 2.24) is 25.5 Å². The van der Waals surface area contributed by atoms with Crippen molar-refractivity contribution in [3.63, 3.8) is 0 Å². The van der Waals surface area contributed by atoms with Crippen LogP contribution in [0.4, 0.5) is 4.39 Å². The predicted molar refractivity (Wildman–Crippen MR) is 66.2 cm³/mol. The second kappa shape index (κ2) is 5.41. The summed E-state index contributed by atoms with van der Waals surface area (Å²) in [6.07, 6.45) is 0. The number of nitrogens with one attached hydrogen (secondary N) is 1. The Morgan fingerprint density at radius 1 is 1.44 bits per heavy atom. The summed E-state index contributed by atoms with van der Waals surface area (Å²) in [6.45, 7) is 4.99. The van der Waals surface area contributed by atoms with Crippen LogP contribution in [0.5, 0.6) is 0 Å². The standard InChI is InChI=1S/C11H13ClFN5/c1-3-14-6-11-15-16-17-18(11)10-4-7(2)9(13)5-8(10)12/h4-5,14H,3,6H2,1-2H3. The second-order valence-corrected chi connectivity index (χ2v) is 4.25. The fraction of sp³-hybridized carbons (Fsp3) is 0.364. The van der Waals surface area contributed by atoms with Crippen molar-refractivity contribution in [2.45, 2.75) is 20.4 Å². The Kier molecular flexibility index (Phi) is 3.88. The molecule has 1 aromatic heterocycles. The topological polar surface area (TPSA) is 55.6 Å². The lowest BCUT2D eigenvalue weighted by molar-refractivity contribution is 0.616. The fourth-order valence-corrected chi connectivity index (χ4v) is 1.77. The molecule has 0 bridgehead atoms. The number of hydrogen-bond acceptors (Lipinski definition) is 4. The molecule has 0 atom stereocenters. The van der Waals surface area contributed by atoms with Crippen molar-refractivity contribution < 1.29 is 4.39 Å². The summed E-state index contributed by atoms with van der Waals surface area (Å²) in [5.74, 6) is 0.287. The molecule has 0 saturated carbocycles. The van der Waals surface area contributed by atoms with Crippen LogP contribution in [-0.2, 0) is 6.54 Å². The molecular weight excluding hydrogens is 257 g/mol. The van der Waals surface area contributed by atoms with Gasteiger partial charge in [-0.15, -0.1) is 5.10 Å². The van der Waals surface area contributed by atoms with Crippen molar-refractivity contribution in [2.24, 2.45) is 0 Å². The van der Waals surface area contributed by atoms with E-state index in [2.05, 4.69) is 20.8 Å². The van der Waals surface area contributed by atoms with Gasteiger partial charge in [0.05, 0.1) is 17.3 Å². The Labute approximate surface area is 109 Å². The Morgan fingerprint density at radius 3 is 2.94 bits per heavy atom. The van der Waals surface area contributed by atoms with Crippen molar-refractivity contribution >= 4 is 11.6 Å². The third-order valence-corrected chi connectivity index (χ3v) is 2.83. The maximum Gasteiger partial charge on any atom is 0.170 e. The Balaban J connectivity index is 2.42. The SMILES string of the molecule is CCNCc1nnnn1-c1cc(C)c(F)cc1Cl. The van der Waals surface area contributed by atoms with Crippen LogP contribution in [0.25, 0.3) is 5.69 Å². The van der Waals surface area contributed by atoms with Gasteiger partial charge in [0.2, 0.25) is 0 Å². The summed E-state index contributed by atoms with van der Waals surface area (Å²) >= 11 is 6.02. The molecule has 0 unspecified atom stereocenters. The molecule has 0 fully saturated rings. The molecule has 96 valence electrons. The van der Waals surface area contributed by atoms with Crippen LogP contribution in [0, 0.1) is 12.7 Å². The maximum absolute atomic E-state index is 13.3. The lowest BCUT2D eigenvalue weighted by Crippen LogP contribution is -2.16. The summed E-state index contributed by atoms with van der Waals surface area (Å²) in [5, 5.41) is 14.8. The number of aryl methyl sites for hydroxylation is 1. The fourth-order valence-electron chi connectivity index (χ4n) is 1.54. The number of benzene rings is 1. The molecule has 0 aliphatic carbocycles. The molecule has 0 radical (unpaired) electrons. The first-order valence-corrected chi connectivity index (χ1v) is 5.95. The zero-order chi connectivity index (χ0) is 13.1. The minimum atomic E-state index is -0.343.